The molecular weight excluding hydrogens is 384 g/mol. The molecule has 0 unspecified atom stereocenters. The number of carbonyl (C=O) groups excluding carboxylic acids is 1. The molecule has 0 saturated heterocycles. The average Bonchev–Trinajstić information content (AvgIpc) is 3.21. The van der Waals surface area contributed by atoms with Crippen molar-refractivity contribution in [2.75, 3.05) is 11.9 Å². The van der Waals surface area contributed by atoms with Crippen LogP contribution >= 0.6 is 0 Å². The molecule has 0 spiro atoms. The van der Waals surface area contributed by atoms with Gasteiger partial charge in [0.1, 0.15) is 28.9 Å². The third-order valence-electron chi connectivity index (χ3n) is 4.10. The molecule has 2 N–H and O–H groups in total. The number of anilines is 1. The molecule has 0 aliphatic rings. The SMILES string of the molecule is CCOc1cccc(NC(=O)/C(C#N)=C/c2ccc(-c3ccccc3C(=O)O)o2)c1. The third kappa shape index (κ3) is 4.75. The molecule has 1 heterocycles. The molecule has 0 aliphatic carbocycles. The summed E-state index contributed by atoms with van der Waals surface area (Å²) < 4.78 is 11.0. The van der Waals surface area contributed by atoms with Gasteiger partial charge in [-0.1, -0.05) is 24.3 Å². The highest BCUT2D eigenvalue weighted by Crippen LogP contribution is 2.27. The summed E-state index contributed by atoms with van der Waals surface area (Å²) in [5.41, 5.74) is 0.821. The lowest BCUT2D eigenvalue weighted by atomic mass is 10.1. The number of amides is 1. The van der Waals surface area contributed by atoms with E-state index in [0.29, 0.717) is 29.4 Å². The first kappa shape index (κ1) is 20.4. The van der Waals surface area contributed by atoms with Crippen LogP contribution in [0.4, 0.5) is 5.69 Å². The van der Waals surface area contributed by atoms with Crippen molar-refractivity contribution in [2.45, 2.75) is 6.92 Å². The molecule has 150 valence electrons. The van der Waals surface area contributed by atoms with Gasteiger partial charge in [-0.3, -0.25) is 4.79 Å². The van der Waals surface area contributed by atoms with Crippen LogP contribution in [-0.2, 0) is 4.79 Å². The van der Waals surface area contributed by atoms with Gasteiger partial charge >= 0.3 is 5.97 Å². The fourth-order valence-electron chi connectivity index (χ4n) is 2.78. The topological polar surface area (TPSA) is 113 Å². The van der Waals surface area contributed by atoms with E-state index in [2.05, 4.69) is 5.32 Å². The van der Waals surface area contributed by atoms with E-state index in [4.69, 9.17) is 9.15 Å². The Morgan fingerprint density at radius 3 is 2.70 bits per heavy atom. The summed E-state index contributed by atoms with van der Waals surface area (Å²) in [6.45, 7) is 2.35. The van der Waals surface area contributed by atoms with Gasteiger partial charge in [0.2, 0.25) is 0 Å². The average molecular weight is 402 g/mol. The van der Waals surface area contributed by atoms with Gasteiger partial charge in [-0.2, -0.15) is 5.26 Å². The zero-order valence-corrected chi connectivity index (χ0v) is 16.1. The normalized spacial score (nSPS) is 10.9. The minimum atomic E-state index is -1.08. The van der Waals surface area contributed by atoms with Gasteiger partial charge in [-0.25, -0.2) is 4.79 Å². The number of furan rings is 1. The zero-order chi connectivity index (χ0) is 21.5. The number of rotatable bonds is 7. The summed E-state index contributed by atoms with van der Waals surface area (Å²) in [7, 11) is 0. The number of carboxylic acids is 1. The van der Waals surface area contributed by atoms with Gasteiger partial charge in [0.15, 0.2) is 0 Å². The van der Waals surface area contributed by atoms with Gasteiger partial charge in [-0.15, -0.1) is 0 Å². The summed E-state index contributed by atoms with van der Waals surface area (Å²) in [6.07, 6.45) is 1.30. The fourth-order valence-corrected chi connectivity index (χ4v) is 2.78. The van der Waals surface area contributed by atoms with Crippen molar-refractivity contribution in [3.8, 4) is 23.1 Å². The maximum atomic E-state index is 12.5. The van der Waals surface area contributed by atoms with Crippen LogP contribution in [-0.4, -0.2) is 23.6 Å². The fraction of sp³-hybridized carbons (Fsp3) is 0.0870. The van der Waals surface area contributed by atoms with Gasteiger partial charge in [0.25, 0.3) is 5.91 Å². The van der Waals surface area contributed by atoms with E-state index in [9.17, 15) is 20.0 Å². The van der Waals surface area contributed by atoms with Gasteiger partial charge in [-0.05, 0) is 37.3 Å². The molecule has 0 saturated carbocycles. The van der Waals surface area contributed by atoms with Crippen molar-refractivity contribution in [1.82, 2.24) is 0 Å². The number of aromatic carboxylic acids is 1. The minimum Gasteiger partial charge on any atom is -0.494 e. The van der Waals surface area contributed by atoms with Gasteiger partial charge in [0, 0.05) is 23.4 Å². The molecular formula is C23H18N2O5. The van der Waals surface area contributed by atoms with Crippen molar-refractivity contribution < 1.29 is 23.8 Å². The van der Waals surface area contributed by atoms with Crippen molar-refractivity contribution >= 4 is 23.6 Å². The molecule has 0 atom stereocenters. The molecule has 0 aliphatic heterocycles. The monoisotopic (exact) mass is 402 g/mol. The smallest absolute Gasteiger partial charge is 0.336 e. The summed E-state index contributed by atoms with van der Waals surface area (Å²) >= 11 is 0. The van der Waals surface area contributed by atoms with Crippen LogP contribution in [0.3, 0.4) is 0 Å². The molecule has 30 heavy (non-hydrogen) atoms. The maximum Gasteiger partial charge on any atom is 0.336 e. The van der Waals surface area contributed by atoms with E-state index < -0.39 is 11.9 Å². The first-order chi connectivity index (χ1) is 14.5. The number of carbonyl (C=O) groups is 2. The molecule has 2 aromatic carbocycles. The van der Waals surface area contributed by atoms with Crippen molar-refractivity contribution in [1.29, 1.82) is 5.26 Å². The zero-order valence-electron chi connectivity index (χ0n) is 16.1. The van der Waals surface area contributed by atoms with Crippen LogP contribution in [0.1, 0.15) is 23.0 Å². The molecule has 0 radical (unpaired) electrons. The maximum absolute atomic E-state index is 12.5. The third-order valence-corrected chi connectivity index (χ3v) is 4.10. The van der Waals surface area contributed by atoms with Crippen LogP contribution in [0.2, 0.25) is 0 Å². The number of nitrogens with one attached hydrogen (secondary N) is 1. The predicted molar refractivity (Wildman–Crippen MR) is 111 cm³/mol. The van der Waals surface area contributed by atoms with E-state index >= 15 is 0 Å². The highest BCUT2D eigenvalue weighted by Gasteiger charge is 2.15. The number of hydrogen-bond acceptors (Lipinski definition) is 5. The second-order valence-electron chi connectivity index (χ2n) is 6.14. The summed E-state index contributed by atoms with van der Waals surface area (Å²) in [5.74, 6) is -0.507. The Kier molecular flexibility index (Phi) is 6.30. The minimum absolute atomic E-state index is 0.0924. The lowest BCUT2D eigenvalue weighted by Gasteiger charge is -2.07. The van der Waals surface area contributed by atoms with Crippen LogP contribution in [0.15, 0.2) is 70.7 Å². The lowest BCUT2D eigenvalue weighted by molar-refractivity contribution is -0.112. The second kappa shape index (κ2) is 9.26. The molecule has 1 aromatic heterocycles. The van der Waals surface area contributed by atoms with Gasteiger partial charge in [0.05, 0.1) is 12.2 Å². The number of hydrogen-bond donors (Lipinski definition) is 2. The predicted octanol–water partition coefficient (Wildman–Crippen LogP) is 4.59. The van der Waals surface area contributed by atoms with Crippen LogP contribution in [0.25, 0.3) is 17.4 Å². The number of nitriles is 1. The number of nitrogens with zero attached hydrogens (tertiary/aromatic N) is 1. The molecule has 3 aromatic rings. The largest absolute Gasteiger partial charge is 0.494 e. The van der Waals surface area contributed by atoms with Crippen LogP contribution < -0.4 is 10.1 Å². The number of benzene rings is 2. The van der Waals surface area contributed by atoms with E-state index in [-0.39, 0.29) is 16.9 Å². The Balaban J connectivity index is 1.82. The van der Waals surface area contributed by atoms with Gasteiger partial charge < -0.3 is 19.6 Å². The number of carboxylic acid groups (broad SMARTS) is 1. The molecule has 3 rings (SSSR count). The molecule has 1 amide bonds. The molecule has 0 fully saturated rings. The van der Waals surface area contributed by atoms with Crippen molar-refractivity contribution in [2.24, 2.45) is 0 Å². The Hall–Kier alpha value is -4.31. The number of ether oxygens (including phenoxy) is 1. The quantitative estimate of drug-likeness (QED) is 0.441. The van der Waals surface area contributed by atoms with Crippen molar-refractivity contribution in [3.63, 3.8) is 0 Å². The van der Waals surface area contributed by atoms with E-state index in [1.807, 2.05) is 13.0 Å². The first-order valence-electron chi connectivity index (χ1n) is 9.10. The second-order valence-corrected chi connectivity index (χ2v) is 6.14. The van der Waals surface area contributed by atoms with Crippen molar-refractivity contribution in [3.05, 3.63) is 77.6 Å². The molecule has 7 heteroatoms. The summed E-state index contributed by atoms with van der Waals surface area (Å²) in [5, 5.41) is 21.4. The standard InChI is InChI=1S/C23H18N2O5/c1-2-29-17-7-5-6-16(13-17)25-22(26)15(14-24)12-18-10-11-21(30-18)19-8-3-4-9-20(19)23(27)28/h3-13H,2H2,1H3,(H,25,26)(H,27,28)/b15-12+. The summed E-state index contributed by atoms with van der Waals surface area (Å²) in [6, 6.07) is 18.3. The van der Waals surface area contributed by atoms with Crippen LogP contribution in [0.5, 0.6) is 5.75 Å². The Labute approximate surface area is 172 Å². The van der Waals surface area contributed by atoms with Crippen LogP contribution in [0, 0.1) is 11.3 Å². The highest BCUT2D eigenvalue weighted by atomic mass is 16.5. The molecule has 7 nitrogen and oxygen atoms in total. The Morgan fingerprint density at radius 2 is 1.97 bits per heavy atom. The molecule has 0 bridgehead atoms. The highest BCUT2D eigenvalue weighted by molar-refractivity contribution is 6.09. The Bertz CT molecular complexity index is 1150. The Morgan fingerprint density at radius 1 is 1.17 bits per heavy atom. The van der Waals surface area contributed by atoms with E-state index in [1.165, 1.54) is 12.1 Å². The first-order valence-corrected chi connectivity index (χ1v) is 9.10. The van der Waals surface area contributed by atoms with E-state index in [0.717, 1.165) is 0 Å². The van der Waals surface area contributed by atoms with E-state index in [1.54, 1.807) is 54.6 Å². The summed E-state index contributed by atoms with van der Waals surface area (Å²) in [4.78, 5) is 23.9. The lowest BCUT2D eigenvalue weighted by Crippen LogP contribution is -2.13.